The molecule has 0 fully saturated rings. The third-order valence-corrected chi connectivity index (χ3v) is 2.73. The Morgan fingerprint density at radius 2 is 1.95 bits per heavy atom. The van der Waals surface area contributed by atoms with Gasteiger partial charge in [0.1, 0.15) is 5.76 Å². The summed E-state index contributed by atoms with van der Waals surface area (Å²) < 4.78 is 5.07. The summed E-state index contributed by atoms with van der Waals surface area (Å²) >= 11 is 0. The molecule has 1 heterocycles. The molecular weight excluding hydrogens is 272 g/mol. The molecule has 0 spiro atoms. The highest BCUT2D eigenvalue weighted by Gasteiger charge is 2.03. The van der Waals surface area contributed by atoms with Gasteiger partial charge in [-0.2, -0.15) is 0 Å². The van der Waals surface area contributed by atoms with Gasteiger partial charge in [0.15, 0.2) is 0 Å². The van der Waals surface area contributed by atoms with Crippen molar-refractivity contribution in [1.82, 2.24) is 10.8 Å². The van der Waals surface area contributed by atoms with Gasteiger partial charge in [-0.25, -0.2) is 5.48 Å². The summed E-state index contributed by atoms with van der Waals surface area (Å²) in [5.74, 6) is -0.222. The van der Waals surface area contributed by atoms with Gasteiger partial charge < -0.3 is 9.73 Å². The van der Waals surface area contributed by atoms with Crippen LogP contribution in [0.1, 0.15) is 21.7 Å². The Labute approximate surface area is 121 Å². The van der Waals surface area contributed by atoms with E-state index in [0.717, 1.165) is 5.56 Å². The molecule has 0 aliphatic heterocycles. The summed E-state index contributed by atoms with van der Waals surface area (Å²) in [6, 6.07) is 10.00. The molecule has 0 unspecified atom stereocenters. The van der Waals surface area contributed by atoms with E-state index in [1.807, 2.05) is 0 Å². The molecule has 1 aromatic heterocycles. The molecule has 2 rings (SSSR count). The van der Waals surface area contributed by atoms with Crippen LogP contribution in [-0.2, 0) is 11.3 Å². The molecule has 6 nitrogen and oxygen atoms in total. The van der Waals surface area contributed by atoms with Crippen LogP contribution in [0.25, 0.3) is 6.08 Å². The molecule has 2 aromatic rings. The molecule has 108 valence electrons. The largest absolute Gasteiger partial charge is 0.465 e. The standard InChI is InChI=1S/C15H14N2O4/c18-14(8-7-13-2-1-9-21-13)16-10-11-3-5-12(6-4-11)15(19)17-20/h1-9,20H,10H2,(H,16,18)(H,17,19)/b8-7+. The fourth-order valence-electron chi connectivity index (χ4n) is 1.63. The molecule has 0 radical (unpaired) electrons. The first-order valence-corrected chi connectivity index (χ1v) is 6.22. The average Bonchev–Trinajstić information content (AvgIpc) is 3.04. The predicted molar refractivity (Wildman–Crippen MR) is 75.3 cm³/mol. The Bertz CT molecular complexity index is 630. The second-order valence-corrected chi connectivity index (χ2v) is 4.20. The van der Waals surface area contributed by atoms with Crippen LogP contribution >= 0.6 is 0 Å². The van der Waals surface area contributed by atoms with E-state index in [1.54, 1.807) is 48.0 Å². The van der Waals surface area contributed by atoms with Crippen molar-refractivity contribution < 1.29 is 19.2 Å². The van der Waals surface area contributed by atoms with Crippen LogP contribution in [0.4, 0.5) is 0 Å². The van der Waals surface area contributed by atoms with Crippen LogP contribution in [0.15, 0.2) is 53.2 Å². The topological polar surface area (TPSA) is 91.6 Å². The van der Waals surface area contributed by atoms with Crippen molar-refractivity contribution >= 4 is 17.9 Å². The Balaban J connectivity index is 1.85. The lowest BCUT2D eigenvalue weighted by atomic mass is 10.1. The normalized spacial score (nSPS) is 10.5. The minimum atomic E-state index is -0.577. The Morgan fingerprint density at radius 3 is 2.57 bits per heavy atom. The zero-order valence-corrected chi connectivity index (χ0v) is 11.1. The van der Waals surface area contributed by atoms with Gasteiger partial charge in [0.2, 0.25) is 5.91 Å². The molecule has 0 atom stereocenters. The summed E-state index contributed by atoms with van der Waals surface area (Å²) in [6.45, 7) is 0.336. The highest BCUT2D eigenvalue weighted by atomic mass is 16.5. The van der Waals surface area contributed by atoms with Gasteiger partial charge in [-0.15, -0.1) is 0 Å². The van der Waals surface area contributed by atoms with E-state index >= 15 is 0 Å². The van der Waals surface area contributed by atoms with Crippen LogP contribution in [0.5, 0.6) is 0 Å². The molecule has 0 aliphatic rings. The zero-order valence-electron chi connectivity index (χ0n) is 11.1. The van der Waals surface area contributed by atoms with Crippen molar-refractivity contribution in [2.45, 2.75) is 6.54 Å². The van der Waals surface area contributed by atoms with Crippen molar-refractivity contribution in [2.24, 2.45) is 0 Å². The molecule has 0 saturated carbocycles. The Hall–Kier alpha value is -2.86. The van der Waals surface area contributed by atoms with E-state index in [1.165, 1.54) is 12.3 Å². The first kappa shape index (κ1) is 14.5. The first-order valence-electron chi connectivity index (χ1n) is 6.22. The van der Waals surface area contributed by atoms with E-state index in [0.29, 0.717) is 17.9 Å². The number of rotatable bonds is 5. The summed E-state index contributed by atoms with van der Waals surface area (Å²) in [4.78, 5) is 22.7. The van der Waals surface area contributed by atoms with Crippen LogP contribution in [0.3, 0.4) is 0 Å². The molecule has 2 amide bonds. The zero-order chi connectivity index (χ0) is 15.1. The summed E-state index contributed by atoms with van der Waals surface area (Å²) in [6.07, 6.45) is 4.48. The van der Waals surface area contributed by atoms with Crippen LogP contribution < -0.4 is 10.8 Å². The maximum Gasteiger partial charge on any atom is 0.274 e. The van der Waals surface area contributed by atoms with E-state index in [2.05, 4.69) is 5.32 Å². The van der Waals surface area contributed by atoms with Crippen LogP contribution in [0.2, 0.25) is 0 Å². The van der Waals surface area contributed by atoms with Crippen LogP contribution in [0, 0.1) is 0 Å². The predicted octanol–water partition coefficient (Wildman–Crippen LogP) is 1.73. The Kier molecular flexibility index (Phi) is 4.89. The number of benzene rings is 1. The molecule has 0 aliphatic carbocycles. The SMILES string of the molecule is O=C(/C=C/c1ccco1)NCc1ccc(C(=O)NO)cc1. The average molecular weight is 286 g/mol. The van der Waals surface area contributed by atoms with Crippen molar-refractivity contribution in [2.75, 3.05) is 0 Å². The van der Waals surface area contributed by atoms with Gasteiger partial charge in [-0.1, -0.05) is 12.1 Å². The first-order chi connectivity index (χ1) is 10.2. The number of carbonyl (C=O) groups excluding carboxylic acids is 2. The lowest BCUT2D eigenvalue weighted by Crippen LogP contribution is -2.21. The Morgan fingerprint density at radius 1 is 1.19 bits per heavy atom. The molecular formula is C15H14N2O4. The van der Waals surface area contributed by atoms with E-state index in [4.69, 9.17) is 9.62 Å². The van der Waals surface area contributed by atoms with Crippen molar-refractivity contribution in [3.05, 3.63) is 65.6 Å². The fraction of sp³-hybridized carbons (Fsp3) is 0.0667. The third kappa shape index (κ3) is 4.32. The minimum Gasteiger partial charge on any atom is -0.465 e. The third-order valence-electron chi connectivity index (χ3n) is 2.73. The number of hydroxylamine groups is 1. The van der Waals surface area contributed by atoms with E-state index < -0.39 is 5.91 Å². The smallest absolute Gasteiger partial charge is 0.274 e. The van der Waals surface area contributed by atoms with Crippen molar-refractivity contribution in [3.63, 3.8) is 0 Å². The quantitative estimate of drug-likeness (QED) is 0.443. The van der Waals surface area contributed by atoms with Gasteiger partial charge in [0.25, 0.3) is 5.91 Å². The lowest BCUT2D eigenvalue weighted by molar-refractivity contribution is -0.116. The monoisotopic (exact) mass is 286 g/mol. The van der Waals surface area contributed by atoms with Crippen LogP contribution in [-0.4, -0.2) is 17.0 Å². The molecule has 6 heteroatoms. The van der Waals surface area contributed by atoms with E-state index in [-0.39, 0.29) is 5.91 Å². The molecule has 21 heavy (non-hydrogen) atoms. The highest BCUT2D eigenvalue weighted by Crippen LogP contribution is 2.05. The summed E-state index contributed by atoms with van der Waals surface area (Å²) in [5.41, 5.74) is 2.73. The van der Waals surface area contributed by atoms with Gasteiger partial charge >= 0.3 is 0 Å². The second kappa shape index (κ2) is 7.06. The molecule has 1 aromatic carbocycles. The number of carbonyl (C=O) groups is 2. The minimum absolute atomic E-state index is 0.247. The van der Waals surface area contributed by atoms with Crippen molar-refractivity contribution in [1.29, 1.82) is 0 Å². The van der Waals surface area contributed by atoms with E-state index in [9.17, 15) is 9.59 Å². The fourth-order valence-corrected chi connectivity index (χ4v) is 1.63. The van der Waals surface area contributed by atoms with Gasteiger partial charge in [0, 0.05) is 18.2 Å². The summed E-state index contributed by atoms with van der Waals surface area (Å²) in [5, 5.41) is 11.2. The maximum atomic E-state index is 11.6. The van der Waals surface area contributed by atoms with Gasteiger partial charge in [-0.3, -0.25) is 14.8 Å². The molecule has 0 saturated heterocycles. The van der Waals surface area contributed by atoms with Crippen molar-refractivity contribution in [3.8, 4) is 0 Å². The highest BCUT2D eigenvalue weighted by molar-refractivity contribution is 5.93. The summed E-state index contributed by atoms with van der Waals surface area (Å²) in [7, 11) is 0. The number of hydrogen-bond acceptors (Lipinski definition) is 4. The second-order valence-electron chi connectivity index (χ2n) is 4.20. The number of nitrogens with one attached hydrogen (secondary N) is 2. The van der Waals surface area contributed by atoms with Gasteiger partial charge in [0.05, 0.1) is 6.26 Å². The molecule has 3 N–H and O–H groups in total. The number of furan rings is 1. The lowest BCUT2D eigenvalue weighted by Gasteiger charge is -2.04. The number of amides is 2. The number of hydrogen-bond donors (Lipinski definition) is 3. The van der Waals surface area contributed by atoms with Gasteiger partial charge in [-0.05, 0) is 35.9 Å². The maximum absolute atomic E-state index is 11.6. The molecule has 0 bridgehead atoms.